The SMILES string of the molecule is CC(=O)CN[C@@H](CCCCNC(=O)COCCOCCNC(=O)COCCOCCNC(=O)CCCC(=O)NCCCC[C@H](CC(=O)COCCONC(=O)COCCOCCNC(=O)CSC(C)=O)C(=O)NCCCC[C@H](NCC(C)=O)C(N)=O)C(N)=O. The van der Waals surface area contributed by atoms with Gasteiger partial charge in [-0.3, -0.25) is 77.8 Å². The zero-order valence-corrected chi connectivity index (χ0v) is 52.8. The highest BCUT2D eigenvalue weighted by atomic mass is 32.2. The molecule has 0 spiro atoms. The van der Waals surface area contributed by atoms with Crippen molar-refractivity contribution in [3.05, 3.63) is 0 Å². The maximum atomic E-state index is 13.3. The average molecular weight is 1290 g/mol. The number of amides is 9. The normalized spacial score (nSPS) is 12.0. The Labute approximate surface area is 525 Å². The number of primary amides is 2. The number of carbonyl (C=O) groups excluding carboxylic acids is 13. The Balaban J connectivity index is 4.32. The maximum absolute atomic E-state index is 13.3. The molecule has 9 amide bonds. The second-order valence-electron chi connectivity index (χ2n) is 20.1. The molecule has 0 heterocycles. The van der Waals surface area contributed by atoms with E-state index >= 15 is 0 Å². The van der Waals surface area contributed by atoms with Gasteiger partial charge in [0.05, 0.1) is 104 Å². The van der Waals surface area contributed by atoms with Gasteiger partial charge in [0.2, 0.25) is 47.3 Å². The molecule has 510 valence electrons. The largest absolute Gasteiger partial charge is 0.377 e. The molecule has 0 aromatic heterocycles. The fraction of sp³-hybridized carbons (Fsp3) is 0.768. The van der Waals surface area contributed by atoms with Crippen LogP contribution in [-0.4, -0.2) is 245 Å². The number of Topliss-reactive ketones (excluding diaryl/α,β-unsaturated/α-hetero) is 3. The lowest BCUT2D eigenvalue weighted by atomic mass is 9.95. The van der Waals surface area contributed by atoms with Gasteiger partial charge in [-0.15, -0.1) is 0 Å². The molecule has 0 bridgehead atoms. The number of thioether (sulfide) groups is 1. The minimum Gasteiger partial charge on any atom is -0.377 e. The van der Waals surface area contributed by atoms with Crippen LogP contribution in [0.3, 0.4) is 0 Å². The predicted octanol–water partition coefficient (Wildman–Crippen LogP) is -3.55. The van der Waals surface area contributed by atoms with Crippen LogP contribution in [0.4, 0.5) is 0 Å². The molecule has 0 unspecified atom stereocenters. The van der Waals surface area contributed by atoms with Crippen molar-refractivity contribution in [1.29, 1.82) is 0 Å². The predicted molar refractivity (Wildman–Crippen MR) is 323 cm³/mol. The summed E-state index contributed by atoms with van der Waals surface area (Å²) in [6, 6.07) is -1.31. The lowest BCUT2D eigenvalue weighted by Crippen LogP contribution is -2.43. The number of ketones is 3. The highest BCUT2D eigenvalue weighted by molar-refractivity contribution is 8.14. The van der Waals surface area contributed by atoms with E-state index < -0.39 is 35.7 Å². The first kappa shape index (κ1) is 82.9. The molecule has 0 aliphatic heterocycles. The van der Waals surface area contributed by atoms with Crippen molar-refractivity contribution in [3.63, 3.8) is 0 Å². The number of rotatable bonds is 62. The van der Waals surface area contributed by atoms with Crippen molar-refractivity contribution in [2.24, 2.45) is 17.4 Å². The molecule has 3 atom stereocenters. The van der Waals surface area contributed by atoms with Gasteiger partial charge in [-0.1, -0.05) is 18.2 Å². The number of hydrogen-bond acceptors (Lipinski definition) is 24. The summed E-state index contributed by atoms with van der Waals surface area (Å²) in [7, 11) is 0. The van der Waals surface area contributed by atoms with E-state index in [1.165, 1.54) is 20.8 Å². The molecule has 32 nitrogen and oxygen atoms in total. The van der Waals surface area contributed by atoms with E-state index in [0.717, 1.165) is 11.8 Å². The van der Waals surface area contributed by atoms with Gasteiger partial charge < -0.3 is 76.5 Å². The van der Waals surface area contributed by atoms with Crippen molar-refractivity contribution in [2.75, 3.05) is 157 Å². The van der Waals surface area contributed by atoms with Crippen molar-refractivity contribution in [1.82, 2.24) is 48.0 Å². The number of ether oxygens (including phenoxy) is 7. The van der Waals surface area contributed by atoms with Crippen molar-refractivity contribution in [3.8, 4) is 0 Å². The summed E-state index contributed by atoms with van der Waals surface area (Å²) in [6.07, 6.45) is 4.79. The number of unbranched alkanes of at least 4 members (excludes halogenated alkanes) is 3. The van der Waals surface area contributed by atoms with Crippen LogP contribution in [0.1, 0.15) is 104 Å². The Morgan fingerprint density at radius 3 is 1.26 bits per heavy atom. The minimum atomic E-state index is -0.709. The lowest BCUT2D eigenvalue weighted by molar-refractivity contribution is -0.141. The van der Waals surface area contributed by atoms with E-state index in [0.29, 0.717) is 77.3 Å². The Morgan fingerprint density at radius 2 is 0.787 bits per heavy atom. The average Bonchev–Trinajstić information content (AvgIpc) is 3.50. The quantitative estimate of drug-likeness (QED) is 0.0207. The number of carbonyl (C=O) groups is 13. The van der Waals surface area contributed by atoms with Crippen LogP contribution in [0.15, 0.2) is 0 Å². The Hall–Kier alpha value is -6.14. The fourth-order valence-corrected chi connectivity index (χ4v) is 7.89. The van der Waals surface area contributed by atoms with Gasteiger partial charge in [-0.25, -0.2) is 5.48 Å². The molecule has 13 N–H and O–H groups in total. The van der Waals surface area contributed by atoms with Crippen LogP contribution in [0.5, 0.6) is 0 Å². The van der Waals surface area contributed by atoms with Crippen LogP contribution in [-0.2, 0) is 100 Å². The summed E-state index contributed by atoms with van der Waals surface area (Å²) in [6.45, 7) is 6.44. The summed E-state index contributed by atoms with van der Waals surface area (Å²) < 4.78 is 37.4. The third kappa shape index (κ3) is 55.6. The van der Waals surface area contributed by atoms with Crippen molar-refractivity contribution in [2.45, 2.75) is 116 Å². The summed E-state index contributed by atoms with van der Waals surface area (Å²) in [5.74, 6) is -4.76. The van der Waals surface area contributed by atoms with Gasteiger partial charge in [0, 0.05) is 71.4 Å². The van der Waals surface area contributed by atoms with E-state index in [2.05, 4.69) is 48.0 Å². The van der Waals surface area contributed by atoms with E-state index in [4.69, 9.17) is 49.5 Å². The Bertz CT molecular complexity index is 2100. The summed E-state index contributed by atoms with van der Waals surface area (Å²) in [5.41, 5.74) is 13.0. The molecule has 0 aromatic carbocycles. The monoisotopic (exact) mass is 1290 g/mol. The number of hydroxylamine groups is 1. The van der Waals surface area contributed by atoms with Gasteiger partial charge in [-0.2, -0.15) is 0 Å². The Morgan fingerprint density at radius 1 is 0.393 bits per heavy atom. The molecule has 0 saturated carbocycles. The fourth-order valence-electron chi connectivity index (χ4n) is 7.45. The Kier molecular flexibility index (Phi) is 53.1. The van der Waals surface area contributed by atoms with Gasteiger partial charge in [0.25, 0.3) is 5.91 Å². The highest BCUT2D eigenvalue weighted by Crippen LogP contribution is 2.15. The summed E-state index contributed by atoms with van der Waals surface area (Å²) in [5, 5.41) is 21.8. The molecule has 0 saturated heterocycles. The molecule has 0 fully saturated rings. The van der Waals surface area contributed by atoms with Gasteiger partial charge >= 0.3 is 0 Å². The lowest BCUT2D eigenvalue weighted by Gasteiger charge is -2.17. The zero-order valence-electron chi connectivity index (χ0n) is 52.0. The second-order valence-corrected chi connectivity index (χ2v) is 21.3. The molecule has 33 heteroatoms. The van der Waals surface area contributed by atoms with Gasteiger partial charge in [0.1, 0.15) is 38.0 Å². The number of nitrogens with two attached hydrogens (primary N) is 2. The molecule has 0 aromatic rings. The first-order chi connectivity index (χ1) is 42.7. The molecular weight excluding hydrogens is 1190 g/mol. The third-order valence-electron chi connectivity index (χ3n) is 12.0. The molecular formula is C56H99N11O21S. The topological polar surface area (TPSA) is 456 Å². The summed E-state index contributed by atoms with van der Waals surface area (Å²) in [4.78, 5) is 160. The third-order valence-corrected chi connectivity index (χ3v) is 12.8. The molecule has 0 rings (SSSR count). The number of nitrogens with one attached hydrogen (secondary N) is 9. The molecule has 0 aliphatic carbocycles. The van der Waals surface area contributed by atoms with Crippen LogP contribution in [0.2, 0.25) is 0 Å². The smallest absolute Gasteiger partial charge is 0.269 e. The van der Waals surface area contributed by atoms with Gasteiger partial charge in [0.15, 0.2) is 10.9 Å². The van der Waals surface area contributed by atoms with Crippen LogP contribution < -0.4 is 59.5 Å². The van der Waals surface area contributed by atoms with E-state index in [1.807, 2.05) is 0 Å². The molecule has 0 aliphatic rings. The van der Waals surface area contributed by atoms with E-state index in [1.54, 1.807) is 0 Å². The number of hydrogen-bond donors (Lipinski definition) is 11. The van der Waals surface area contributed by atoms with E-state index in [9.17, 15) is 62.3 Å². The molecule has 0 radical (unpaired) electrons. The van der Waals surface area contributed by atoms with Crippen LogP contribution in [0, 0.1) is 5.92 Å². The minimum absolute atomic E-state index is 0.000456. The maximum Gasteiger partial charge on any atom is 0.269 e. The van der Waals surface area contributed by atoms with Gasteiger partial charge in [-0.05, 0) is 71.6 Å². The van der Waals surface area contributed by atoms with E-state index in [-0.39, 0.29) is 221 Å². The van der Waals surface area contributed by atoms with Crippen molar-refractivity contribution < 1.29 is 100 Å². The standard InChI is InChI=1S/C56H99N11O21S/c1-41(68)34-65-46(54(57)78)12-5-8-17-60-50(74)37-85-28-26-82-23-20-62-51(75)38-86-29-25-81-22-19-61-49(73)15-10-14-48(72)59-16-7-4-11-44(56(80)64-18-9-6-13-47(55(58)79)66-35-42(2)69)33-45(71)36-84-31-32-88-67-52(76)39-87-30-27-83-24-21-63-53(77)40-89-43(3)70/h44,46-47,65-66H,4-40H2,1-3H3,(H2,57,78)(H2,58,79)(H,59,72)(H,60,74)(H,61,73)(H,62,75)(H,63,77)(H,64,80)(H,67,76)/t44-,46+,47+/m1/s1. The first-order valence-corrected chi connectivity index (χ1v) is 30.9. The summed E-state index contributed by atoms with van der Waals surface area (Å²) >= 11 is 0.908. The van der Waals surface area contributed by atoms with Crippen molar-refractivity contribution >= 4 is 87.4 Å². The highest BCUT2D eigenvalue weighted by Gasteiger charge is 2.23. The zero-order chi connectivity index (χ0) is 66.1. The molecule has 89 heavy (non-hydrogen) atoms. The van der Waals surface area contributed by atoms with Crippen LogP contribution in [0.25, 0.3) is 0 Å². The first-order valence-electron chi connectivity index (χ1n) is 29.9. The second kappa shape index (κ2) is 57.0. The van der Waals surface area contributed by atoms with Crippen LogP contribution >= 0.6 is 11.8 Å².